The molecule has 0 bridgehead atoms. The van der Waals surface area contributed by atoms with Crippen molar-refractivity contribution in [3.05, 3.63) is 52.2 Å². The van der Waals surface area contributed by atoms with Crippen molar-refractivity contribution < 1.29 is 14.0 Å². The van der Waals surface area contributed by atoms with Gasteiger partial charge in [0.05, 0.1) is 10.6 Å². The molecule has 0 radical (unpaired) electrons. The van der Waals surface area contributed by atoms with Gasteiger partial charge in [-0.25, -0.2) is 4.39 Å². The van der Waals surface area contributed by atoms with Crippen LogP contribution >= 0.6 is 11.3 Å². The third-order valence-corrected chi connectivity index (χ3v) is 7.00. The van der Waals surface area contributed by atoms with E-state index in [-0.39, 0.29) is 17.5 Å². The van der Waals surface area contributed by atoms with Crippen molar-refractivity contribution in [2.45, 2.75) is 51.1 Å². The van der Waals surface area contributed by atoms with Crippen molar-refractivity contribution in [3.63, 3.8) is 0 Å². The first kappa shape index (κ1) is 20.8. The van der Waals surface area contributed by atoms with Crippen LogP contribution in [0.1, 0.15) is 47.6 Å². The molecule has 9 heteroatoms. The Morgan fingerprint density at radius 2 is 2.00 bits per heavy atom. The highest BCUT2D eigenvalue weighted by Gasteiger charge is 2.35. The lowest BCUT2D eigenvalue weighted by molar-refractivity contribution is -0.119. The fourth-order valence-electron chi connectivity index (χ4n) is 4.50. The molecular weight excluding hydrogens is 429 g/mol. The summed E-state index contributed by atoms with van der Waals surface area (Å²) in [5, 5.41) is 13.2. The molecule has 0 spiro atoms. The highest BCUT2D eigenvalue weighted by atomic mass is 32.1. The molecule has 1 aromatic carbocycles. The summed E-state index contributed by atoms with van der Waals surface area (Å²) in [6, 6.07) is 7.56. The first-order chi connectivity index (χ1) is 15.6. The van der Waals surface area contributed by atoms with E-state index in [0.717, 1.165) is 44.5 Å². The van der Waals surface area contributed by atoms with E-state index in [2.05, 4.69) is 20.1 Å². The van der Waals surface area contributed by atoms with Crippen LogP contribution in [-0.4, -0.2) is 44.1 Å². The Morgan fingerprint density at radius 3 is 2.84 bits per heavy atom. The zero-order valence-electron chi connectivity index (χ0n) is 17.6. The van der Waals surface area contributed by atoms with Crippen molar-refractivity contribution in [2.24, 2.45) is 0 Å². The van der Waals surface area contributed by atoms with Gasteiger partial charge in [-0.3, -0.25) is 9.59 Å². The number of hydrogen-bond acceptors (Lipinski definition) is 5. The number of carbonyl (C=O) groups excluding carboxylic acids is 2. The van der Waals surface area contributed by atoms with E-state index in [1.54, 1.807) is 23.1 Å². The number of aromatic nitrogens is 3. The highest BCUT2D eigenvalue weighted by molar-refractivity contribution is 7.12. The average molecular weight is 454 g/mol. The van der Waals surface area contributed by atoms with Crippen molar-refractivity contribution in [2.75, 3.05) is 11.9 Å². The predicted octanol–water partition coefficient (Wildman–Crippen LogP) is 4.12. The smallest absolute Gasteiger partial charge is 0.264 e. The molecule has 3 aromatic rings. The quantitative estimate of drug-likeness (QED) is 0.645. The minimum atomic E-state index is -0.614. The van der Waals surface area contributed by atoms with Gasteiger partial charge in [0, 0.05) is 25.1 Å². The summed E-state index contributed by atoms with van der Waals surface area (Å²) in [4.78, 5) is 28.0. The lowest BCUT2D eigenvalue weighted by Gasteiger charge is -2.23. The minimum absolute atomic E-state index is 0.0916. The van der Waals surface area contributed by atoms with E-state index in [0.29, 0.717) is 29.2 Å². The number of aryl methyl sites for hydroxylation is 1. The van der Waals surface area contributed by atoms with Crippen LogP contribution in [0, 0.1) is 5.82 Å². The van der Waals surface area contributed by atoms with Gasteiger partial charge in [-0.2, -0.15) is 0 Å². The maximum Gasteiger partial charge on any atom is 0.264 e. The molecule has 2 aliphatic rings. The van der Waals surface area contributed by atoms with Gasteiger partial charge < -0.3 is 14.8 Å². The molecule has 2 aliphatic heterocycles. The Kier molecular flexibility index (Phi) is 5.73. The van der Waals surface area contributed by atoms with E-state index in [1.165, 1.54) is 17.4 Å². The number of halogens is 1. The van der Waals surface area contributed by atoms with E-state index < -0.39 is 11.9 Å². The zero-order valence-corrected chi connectivity index (χ0v) is 18.4. The fraction of sp³-hybridized carbons (Fsp3) is 0.391. The topological polar surface area (TPSA) is 80.1 Å². The van der Waals surface area contributed by atoms with Crippen LogP contribution in [0.4, 0.5) is 10.1 Å². The SMILES string of the molecule is O=C(Nc1cc(-c2nnc3n2CCCCC3)ccc1F)[C@@H]1CCCN1C(=O)c1cccs1. The maximum atomic E-state index is 14.6. The Labute approximate surface area is 189 Å². The first-order valence-electron chi connectivity index (χ1n) is 11.0. The second-order valence-electron chi connectivity index (χ2n) is 8.22. The van der Waals surface area contributed by atoms with Gasteiger partial charge in [-0.1, -0.05) is 12.5 Å². The van der Waals surface area contributed by atoms with Crippen LogP contribution in [-0.2, 0) is 17.8 Å². The maximum absolute atomic E-state index is 14.6. The standard InChI is InChI=1S/C23H24FN5O2S/c24-16-10-9-15(21-27-26-20-8-2-1-3-11-29(20)21)14-17(16)25-22(30)18-6-4-12-28(18)23(31)19-7-5-13-32-19/h5,7,9-10,13-14,18H,1-4,6,8,11-12H2,(H,25,30)/t18-/m0/s1. The summed E-state index contributed by atoms with van der Waals surface area (Å²) in [7, 11) is 0. The highest BCUT2D eigenvalue weighted by Crippen LogP contribution is 2.28. The van der Waals surface area contributed by atoms with E-state index in [9.17, 15) is 14.0 Å². The van der Waals surface area contributed by atoms with E-state index in [1.807, 2.05) is 11.4 Å². The lowest BCUT2D eigenvalue weighted by atomic mass is 10.1. The van der Waals surface area contributed by atoms with Crippen LogP contribution in [0.15, 0.2) is 35.7 Å². The first-order valence-corrected chi connectivity index (χ1v) is 11.9. The zero-order chi connectivity index (χ0) is 22.1. The number of nitrogens with zero attached hydrogens (tertiary/aromatic N) is 4. The monoisotopic (exact) mass is 453 g/mol. The Balaban J connectivity index is 1.37. The molecule has 166 valence electrons. The Morgan fingerprint density at radius 1 is 1.09 bits per heavy atom. The molecule has 32 heavy (non-hydrogen) atoms. The number of likely N-dealkylation sites (tertiary alicyclic amines) is 1. The van der Waals surface area contributed by atoms with Crippen molar-refractivity contribution in [1.29, 1.82) is 0 Å². The summed E-state index contributed by atoms with van der Waals surface area (Å²) in [6.07, 6.45) is 5.47. The molecule has 5 rings (SSSR count). The van der Waals surface area contributed by atoms with E-state index >= 15 is 0 Å². The summed E-state index contributed by atoms with van der Waals surface area (Å²) >= 11 is 1.35. The number of anilines is 1. The molecule has 4 heterocycles. The number of thiophene rings is 1. The number of carbonyl (C=O) groups is 2. The van der Waals surface area contributed by atoms with Gasteiger partial charge in [-0.05, 0) is 55.3 Å². The summed E-state index contributed by atoms with van der Waals surface area (Å²) < 4.78 is 16.7. The van der Waals surface area contributed by atoms with Crippen LogP contribution in [0.3, 0.4) is 0 Å². The van der Waals surface area contributed by atoms with Crippen LogP contribution in [0.5, 0.6) is 0 Å². The van der Waals surface area contributed by atoms with Gasteiger partial charge in [0.25, 0.3) is 5.91 Å². The third kappa shape index (κ3) is 3.92. The van der Waals surface area contributed by atoms with Gasteiger partial charge in [0.1, 0.15) is 17.7 Å². The summed E-state index contributed by atoms with van der Waals surface area (Å²) in [5.74, 6) is 0.585. The van der Waals surface area contributed by atoms with Crippen LogP contribution < -0.4 is 5.32 Å². The summed E-state index contributed by atoms with van der Waals surface area (Å²) in [6.45, 7) is 1.35. The van der Waals surface area contributed by atoms with Crippen molar-refractivity contribution >= 4 is 28.8 Å². The van der Waals surface area contributed by atoms with Crippen molar-refractivity contribution in [3.8, 4) is 11.4 Å². The number of fused-ring (bicyclic) bond motifs is 1. The number of benzene rings is 1. The molecule has 0 aliphatic carbocycles. The summed E-state index contributed by atoms with van der Waals surface area (Å²) in [5.41, 5.74) is 0.800. The van der Waals surface area contributed by atoms with Crippen LogP contribution in [0.2, 0.25) is 0 Å². The minimum Gasteiger partial charge on any atom is -0.326 e. The molecule has 1 saturated heterocycles. The second kappa shape index (κ2) is 8.82. The number of rotatable bonds is 4. The molecule has 2 aromatic heterocycles. The lowest BCUT2D eigenvalue weighted by Crippen LogP contribution is -2.43. The normalized spacial score (nSPS) is 18.3. The average Bonchev–Trinajstić information content (AvgIpc) is 3.54. The molecule has 7 nitrogen and oxygen atoms in total. The van der Waals surface area contributed by atoms with Gasteiger partial charge in [-0.15, -0.1) is 21.5 Å². The number of hydrogen-bond donors (Lipinski definition) is 1. The molecule has 0 saturated carbocycles. The largest absolute Gasteiger partial charge is 0.326 e. The fourth-order valence-corrected chi connectivity index (χ4v) is 5.18. The Bertz CT molecular complexity index is 1140. The molecular formula is C23H24FN5O2S. The molecule has 1 N–H and O–H groups in total. The molecule has 0 unspecified atom stereocenters. The molecule has 1 fully saturated rings. The van der Waals surface area contributed by atoms with Gasteiger partial charge in [0.2, 0.25) is 5.91 Å². The van der Waals surface area contributed by atoms with E-state index in [4.69, 9.17) is 0 Å². The predicted molar refractivity (Wildman–Crippen MR) is 120 cm³/mol. The number of amides is 2. The van der Waals surface area contributed by atoms with Gasteiger partial charge in [0.15, 0.2) is 5.82 Å². The van der Waals surface area contributed by atoms with Crippen molar-refractivity contribution in [1.82, 2.24) is 19.7 Å². The Hall–Kier alpha value is -3.07. The molecule has 1 atom stereocenters. The third-order valence-electron chi connectivity index (χ3n) is 6.14. The second-order valence-corrected chi connectivity index (χ2v) is 9.17. The molecule has 2 amide bonds. The van der Waals surface area contributed by atoms with Crippen LogP contribution in [0.25, 0.3) is 11.4 Å². The number of nitrogens with one attached hydrogen (secondary N) is 1. The van der Waals surface area contributed by atoms with Gasteiger partial charge >= 0.3 is 0 Å².